The third-order valence-electron chi connectivity index (χ3n) is 16.0. The molecular weight excluding hydrogens is 1030 g/mol. The van der Waals surface area contributed by atoms with Crippen molar-refractivity contribution in [2.75, 3.05) is 54.2 Å². The van der Waals surface area contributed by atoms with Gasteiger partial charge in [0.15, 0.2) is 5.78 Å². The number of cyclic esters (lactones) is 1. The molecule has 0 spiro atoms. The molecule has 21 nitrogen and oxygen atoms in total. The number of methoxy groups -OCH3 is 3. The summed E-state index contributed by atoms with van der Waals surface area (Å²) in [6, 6.07) is -1.24. The number of Topliss-reactive ketones (excluding diaryl/α,β-unsaturated/α-hetero) is 3. The molecule has 4 aliphatic rings. The summed E-state index contributed by atoms with van der Waals surface area (Å²) in [4.78, 5) is 85.5. The van der Waals surface area contributed by atoms with E-state index >= 15 is 0 Å². The number of ether oxygens (including phenoxy) is 6. The Morgan fingerprint density at radius 1 is 0.872 bits per heavy atom. The number of amides is 2. The van der Waals surface area contributed by atoms with Crippen LogP contribution in [-0.4, -0.2) is 182 Å². The van der Waals surface area contributed by atoms with Gasteiger partial charge < -0.3 is 53.7 Å². The number of carbonyl (C=O) groups is 6. The summed E-state index contributed by atoms with van der Waals surface area (Å²) < 4.78 is 63.3. The maximum atomic E-state index is 14.6. The number of rotatable bonds is 13. The van der Waals surface area contributed by atoms with E-state index in [2.05, 4.69) is 0 Å². The Morgan fingerprint density at radius 3 is 2.21 bits per heavy atom. The molecule has 2 amide bonds. The Labute approximate surface area is 461 Å². The van der Waals surface area contributed by atoms with Crippen molar-refractivity contribution in [3.63, 3.8) is 0 Å². The monoisotopic (exact) mass is 1120 g/mol. The summed E-state index contributed by atoms with van der Waals surface area (Å²) in [5.41, 5.74) is 1.16. The van der Waals surface area contributed by atoms with Gasteiger partial charge in [-0.2, -0.15) is 12.7 Å². The molecule has 0 aromatic carbocycles. The summed E-state index contributed by atoms with van der Waals surface area (Å²) in [7, 11) is -0.159. The number of fused-ring (bicyclic) bond motifs is 3. The summed E-state index contributed by atoms with van der Waals surface area (Å²) in [6.07, 6.45) is 7.11. The number of esters is 1. The summed E-state index contributed by atoms with van der Waals surface area (Å²) >= 11 is 0. The molecule has 78 heavy (non-hydrogen) atoms. The second kappa shape index (κ2) is 31.1. The van der Waals surface area contributed by atoms with E-state index in [-0.39, 0.29) is 68.7 Å². The van der Waals surface area contributed by atoms with Crippen molar-refractivity contribution < 1.29 is 86.0 Å². The van der Waals surface area contributed by atoms with Crippen LogP contribution < -0.4 is 4.72 Å². The minimum absolute atomic E-state index is 0.0131. The first-order valence-corrected chi connectivity index (χ1v) is 29.0. The van der Waals surface area contributed by atoms with Gasteiger partial charge in [-0.05, 0) is 107 Å². The van der Waals surface area contributed by atoms with Gasteiger partial charge in [-0.3, -0.25) is 19.2 Å². The van der Waals surface area contributed by atoms with E-state index in [0.29, 0.717) is 61.2 Å². The fourth-order valence-electron chi connectivity index (χ4n) is 11.1. The first-order valence-electron chi connectivity index (χ1n) is 27.5. The smallest absolute Gasteiger partial charge is 0.422 e. The molecule has 2 saturated heterocycles. The lowest BCUT2D eigenvalue weighted by atomic mass is 9.78. The standard InChI is InChI=1S/C56H89N3O18S/c1-34-16-12-11-13-17-35(2)46(72-8)32-42-21-19-40(7)56(69,77-42)52(65)53(66)59-23-15-14-18-43(59)54(67)75-47(33-44(62)36(3)29-39(6)50(64)51(74-10)49(63)38(5)28-34)37(4)30-41-20-22-45(48(31-41)73-9)76-55(68)57-78(70,71)58(24-26-60)25-27-61/h11-13,16-17,29,34,36-38,40-43,45-48,50-51,60-61,64,69H,14-15,18-28,30-33H2,1-10H3,(H,57,68)/b13-11+,16-12+,35-17+,39-29+/t34-,36-,37-,38-,40-,41+,42+,43+,45-,46+,47+,48-,50-,51+,56-/m1/s1. The van der Waals surface area contributed by atoms with Crippen molar-refractivity contribution in [1.29, 1.82) is 0 Å². The normalized spacial score (nSPS) is 35.8. The Bertz CT molecular complexity index is 2260. The van der Waals surface area contributed by atoms with Crippen molar-refractivity contribution in [3.05, 3.63) is 47.6 Å². The highest BCUT2D eigenvalue weighted by Gasteiger charge is 2.53. The number of nitrogens with one attached hydrogen (secondary N) is 1. The van der Waals surface area contributed by atoms with E-state index in [4.69, 9.17) is 28.4 Å². The van der Waals surface area contributed by atoms with Crippen LogP contribution in [0, 0.1) is 35.5 Å². The minimum Gasteiger partial charge on any atom is -0.460 e. The SMILES string of the molecule is CO[C@H]1C[C@@H]2CC[C@@H](C)[C@@](O)(O2)C(=O)C(=O)N2CCCC[C@H]2C(=O)O[C@H]([C@H](C)C[C@@H]2CC[C@@H](OC(=O)NS(=O)(=O)N(CCO)CCO)[C@H](OC)C2)CC(=O)[C@H](C)/C=C(\C)[C@@H](O)[C@@H](OC)C(=O)[C@H](C)C[C@H](C)/C=C/C=C/C=C/1C. The second-order valence-electron chi connectivity index (χ2n) is 21.9. The molecule has 3 aliphatic heterocycles. The number of allylic oxidation sites excluding steroid dienone is 6. The van der Waals surface area contributed by atoms with Crippen molar-refractivity contribution in [1.82, 2.24) is 13.9 Å². The second-order valence-corrected chi connectivity index (χ2v) is 23.6. The molecule has 5 N–H and O–H groups in total. The Hall–Kier alpha value is -4.23. The first-order chi connectivity index (χ1) is 36.8. The van der Waals surface area contributed by atoms with Crippen LogP contribution in [0.4, 0.5) is 4.79 Å². The lowest BCUT2D eigenvalue weighted by Gasteiger charge is -2.42. The molecule has 22 heteroatoms. The number of carbonyl (C=O) groups excluding carboxylic acids is 6. The van der Waals surface area contributed by atoms with Gasteiger partial charge in [-0.25, -0.2) is 14.3 Å². The zero-order valence-corrected chi connectivity index (χ0v) is 48.2. The third kappa shape index (κ3) is 18.1. The van der Waals surface area contributed by atoms with Crippen LogP contribution in [-0.2, 0) is 62.6 Å². The maximum Gasteiger partial charge on any atom is 0.422 e. The first kappa shape index (κ1) is 66.3. The molecule has 0 aromatic heterocycles. The highest BCUT2D eigenvalue weighted by atomic mass is 32.2. The number of hydrogen-bond acceptors (Lipinski definition) is 18. The summed E-state index contributed by atoms with van der Waals surface area (Å²) in [5.74, 6) is -9.11. The van der Waals surface area contributed by atoms with Gasteiger partial charge in [-0.15, -0.1) is 0 Å². The molecule has 3 fully saturated rings. The van der Waals surface area contributed by atoms with Crippen LogP contribution in [0.1, 0.15) is 126 Å². The van der Waals surface area contributed by atoms with Crippen LogP contribution >= 0.6 is 0 Å². The van der Waals surface area contributed by atoms with Gasteiger partial charge >= 0.3 is 22.3 Å². The largest absolute Gasteiger partial charge is 0.460 e. The fraction of sp³-hybridized carbons (Fsp3) is 0.750. The summed E-state index contributed by atoms with van der Waals surface area (Å²) in [5, 5.41) is 42.2. The van der Waals surface area contributed by atoms with Crippen LogP contribution in [0.2, 0.25) is 0 Å². The zero-order chi connectivity index (χ0) is 58.1. The highest BCUT2D eigenvalue weighted by Crippen LogP contribution is 2.38. The average Bonchev–Trinajstić information content (AvgIpc) is 3.40. The molecule has 0 aromatic rings. The maximum absolute atomic E-state index is 14.6. The Balaban J connectivity index is 1.67. The molecule has 1 aliphatic carbocycles. The van der Waals surface area contributed by atoms with Gasteiger partial charge in [0.2, 0.25) is 5.79 Å². The predicted molar refractivity (Wildman–Crippen MR) is 287 cm³/mol. The van der Waals surface area contributed by atoms with E-state index < -0.39 is 125 Å². The molecular formula is C56H89N3O18S. The van der Waals surface area contributed by atoms with Crippen LogP contribution in [0.5, 0.6) is 0 Å². The average molecular weight is 1120 g/mol. The van der Waals surface area contributed by atoms with Crippen LogP contribution in [0.25, 0.3) is 0 Å². The lowest BCUT2D eigenvalue weighted by Crippen LogP contribution is -2.61. The van der Waals surface area contributed by atoms with Crippen molar-refractivity contribution >= 4 is 45.5 Å². The lowest BCUT2D eigenvalue weighted by molar-refractivity contribution is -0.265. The van der Waals surface area contributed by atoms with E-state index in [0.717, 1.165) is 10.5 Å². The van der Waals surface area contributed by atoms with Gasteiger partial charge in [0, 0.05) is 71.6 Å². The molecule has 2 bridgehead atoms. The zero-order valence-electron chi connectivity index (χ0n) is 47.4. The minimum atomic E-state index is -4.47. The van der Waals surface area contributed by atoms with Gasteiger partial charge in [0.1, 0.15) is 36.2 Å². The molecule has 15 atom stereocenters. The molecule has 0 unspecified atom stereocenters. The molecule has 4 rings (SSSR count). The quantitative estimate of drug-likeness (QED) is 0.0967. The third-order valence-corrected chi connectivity index (χ3v) is 17.4. The number of hydrogen-bond donors (Lipinski definition) is 5. The molecule has 1 saturated carbocycles. The van der Waals surface area contributed by atoms with E-state index in [9.17, 15) is 57.6 Å². The number of aliphatic hydroxyl groups excluding tert-OH is 3. The highest BCUT2D eigenvalue weighted by molar-refractivity contribution is 7.87. The topological polar surface area (TPSA) is 291 Å². The van der Waals surface area contributed by atoms with Crippen molar-refractivity contribution in [3.8, 4) is 0 Å². The summed E-state index contributed by atoms with van der Waals surface area (Å²) in [6.45, 7) is 10.5. The van der Waals surface area contributed by atoms with E-state index in [1.807, 2.05) is 55.9 Å². The number of aliphatic hydroxyl groups is 4. The molecule has 442 valence electrons. The fourth-order valence-corrected chi connectivity index (χ4v) is 12.2. The van der Waals surface area contributed by atoms with Crippen molar-refractivity contribution in [2.45, 2.75) is 180 Å². The number of ketones is 3. The Kier molecular flexibility index (Phi) is 26.4. The number of piperidine rings is 1. The van der Waals surface area contributed by atoms with E-state index in [1.165, 1.54) is 14.2 Å². The van der Waals surface area contributed by atoms with E-state index in [1.54, 1.807) is 40.9 Å². The van der Waals surface area contributed by atoms with Gasteiger partial charge in [0.05, 0.1) is 31.5 Å². The molecule has 0 radical (unpaired) electrons. The molecule has 3 heterocycles. The Morgan fingerprint density at radius 2 is 1.56 bits per heavy atom. The van der Waals surface area contributed by atoms with Crippen molar-refractivity contribution in [2.24, 2.45) is 35.5 Å². The van der Waals surface area contributed by atoms with Gasteiger partial charge in [0.25, 0.3) is 11.7 Å². The van der Waals surface area contributed by atoms with Crippen LogP contribution in [0.3, 0.4) is 0 Å². The van der Waals surface area contributed by atoms with Gasteiger partial charge in [-0.1, -0.05) is 71.1 Å². The van der Waals surface area contributed by atoms with Crippen LogP contribution in [0.15, 0.2) is 47.6 Å². The number of nitrogens with zero attached hydrogens (tertiary/aromatic N) is 2. The predicted octanol–water partition coefficient (Wildman–Crippen LogP) is 4.45.